The van der Waals surface area contributed by atoms with Gasteiger partial charge in [-0.1, -0.05) is 6.92 Å². The van der Waals surface area contributed by atoms with E-state index >= 15 is 0 Å². The average Bonchev–Trinajstić information content (AvgIpc) is 2.85. The van der Waals surface area contributed by atoms with Crippen LogP contribution in [-0.2, 0) is 11.2 Å². The van der Waals surface area contributed by atoms with Crippen LogP contribution in [-0.4, -0.2) is 28.0 Å². The lowest BCUT2D eigenvalue weighted by atomic mass is 9.87. The Kier molecular flexibility index (Phi) is 4.36. The van der Waals surface area contributed by atoms with Crippen LogP contribution in [0.4, 0.5) is 0 Å². The van der Waals surface area contributed by atoms with Crippen LogP contribution >= 0.6 is 0 Å². The Hall–Kier alpha value is -1.36. The summed E-state index contributed by atoms with van der Waals surface area (Å²) in [4.78, 5) is 18.8. The highest BCUT2D eigenvalue weighted by atomic mass is 16.2. The van der Waals surface area contributed by atoms with Crippen molar-refractivity contribution in [1.82, 2.24) is 15.3 Å². The van der Waals surface area contributed by atoms with Gasteiger partial charge in [-0.05, 0) is 31.6 Å². The Labute approximate surface area is 108 Å². The molecule has 0 spiro atoms. The highest BCUT2D eigenvalue weighted by Gasteiger charge is 2.22. The number of carbonyl (C=O) groups excluding carboxylic acids is 1. The fourth-order valence-corrected chi connectivity index (χ4v) is 2.44. The highest BCUT2D eigenvalue weighted by molar-refractivity contribution is 5.82. The van der Waals surface area contributed by atoms with Gasteiger partial charge in [0.2, 0.25) is 5.91 Å². The molecule has 1 atom stereocenters. The minimum Gasteiger partial charge on any atom is -0.352 e. The largest absolute Gasteiger partial charge is 0.352 e. The first-order valence-corrected chi connectivity index (χ1v) is 6.68. The normalized spacial score (nSPS) is 25.7. The topological polar surface area (TPSA) is 83.8 Å². The van der Waals surface area contributed by atoms with Crippen LogP contribution in [0.15, 0.2) is 12.5 Å². The quantitative estimate of drug-likeness (QED) is 0.744. The third-order valence-corrected chi connectivity index (χ3v) is 3.69. The zero-order valence-corrected chi connectivity index (χ0v) is 10.9. The molecule has 1 heterocycles. The third kappa shape index (κ3) is 3.57. The summed E-state index contributed by atoms with van der Waals surface area (Å²) in [5.41, 5.74) is 6.79. The molecule has 2 rings (SSSR count). The molecule has 0 saturated heterocycles. The molecule has 0 unspecified atom stereocenters. The first-order valence-electron chi connectivity index (χ1n) is 6.68. The van der Waals surface area contributed by atoms with Crippen molar-refractivity contribution < 1.29 is 4.79 Å². The second-order valence-corrected chi connectivity index (χ2v) is 5.35. The molecule has 1 fully saturated rings. The molecule has 1 aromatic heterocycles. The molecule has 0 aromatic carbocycles. The summed E-state index contributed by atoms with van der Waals surface area (Å²) < 4.78 is 0. The van der Waals surface area contributed by atoms with E-state index in [0.717, 1.165) is 24.5 Å². The molecule has 5 heteroatoms. The van der Waals surface area contributed by atoms with Crippen molar-refractivity contribution in [3.8, 4) is 0 Å². The van der Waals surface area contributed by atoms with E-state index in [4.69, 9.17) is 5.73 Å². The van der Waals surface area contributed by atoms with Gasteiger partial charge in [0.1, 0.15) is 0 Å². The second-order valence-electron chi connectivity index (χ2n) is 5.35. The molecule has 100 valence electrons. The molecule has 5 nitrogen and oxygen atoms in total. The van der Waals surface area contributed by atoms with E-state index in [2.05, 4.69) is 22.2 Å². The van der Waals surface area contributed by atoms with Crippen LogP contribution in [0.2, 0.25) is 0 Å². The van der Waals surface area contributed by atoms with E-state index in [1.807, 2.05) is 0 Å². The lowest BCUT2D eigenvalue weighted by Gasteiger charge is -2.27. The van der Waals surface area contributed by atoms with Gasteiger partial charge in [-0.25, -0.2) is 4.98 Å². The maximum absolute atomic E-state index is 11.9. The minimum absolute atomic E-state index is 0.0517. The van der Waals surface area contributed by atoms with E-state index < -0.39 is 6.04 Å². The lowest BCUT2D eigenvalue weighted by Crippen LogP contribution is -2.47. The molecule has 0 bridgehead atoms. The number of aromatic amines is 1. The van der Waals surface area contributed by atoms with E-state index in [9.17, 15) is 4.79 Å². The Balaban J connectivity index is 1.77. The molecular formula is C13H22N4O. The maximum atomic E-state index is 11.9. The van der Waals surface area contributed by atoms with Crippen molar-refractivity contribution in [3.63, 3.8) is 0 Å². The number of nitrogens with two attached hydrogens (primary N) is 1. The molecule has 18 heavy (non-hydrogen) atoms. The van der Waals surface area contributed by atoms with Crippen molar-refractivity contribution >= 4 is 5.91 Å². The average molecular weight is 250 g/mol. The van der Waals surface area contributed by atoms with Crippen molar-refractivity contribution in [2.75, 3.05) is 0 Å². The zero-order chi connectivity index (χ0) is 13.0. The third-order valence-electron chi connectivity index (χ3n) is 3.69. The summed E-state index contributed by atoms with van der Waals surface area (Å²) >= 11 is 0. The minimum atomic E-state index is -0.496. The van der Waals surface area contributed by atoms with E-state index in [1.54, 1.807) is 12.5 Å². The second kappa shape index (κ2) is 6.00. The standard InChI is InChI=1S/C13H22N4O/c1-9-2-4-10(5-3-9)17-13(18)12(14)6-11-7-15-8-16-11/h7-10,12H,2-6,14H2,1H3,(H,15,16)(H,17,18)/t9?,10?,12-/m0/s1. The number of amides is 1. The fourth-order valence-electron chi connectivity index (χ4n) is 2.44. The van der Waals surface area contributed by atoms with Crippen LogP contribution in [0.25, 0.3) is 0 Å². The van der Waals surface area contributed by atoms with Gasteiger partial charge in [0.15, 0.2) is 0 Å². The maximum Gasteiger partial charge on any atom is 0.237 e. The number of nitrogens with one attached hydrogen (secondary N) is 2. The van der Waals surface area contributed by atoms with Crippen LogP contribution in [0.1, 0.15) is 38.3 Å². The highest BCUT2D eigenvalue weighted by Crippen LogP contribution is 2.23. The lowest BCUT2D eigenvalue weighted by molar-refractivity contribution is -0.123. The Bertz CT molecular complexity index is 368. The summed E-state index contributed by atoms with van der Waals surface area (Å²) in [7, 11) is 0. The molecule has 1 saturated carbocycles. The van der Waals surface area contributed by atoms with E-state index in [0.29, 0.717) is 12.5 Å². The summed E-state index contributed by atoms with van der Waals surface area (Å²) in [5.74, 6) is 0.737. The van der Waals surface area contributed by atoms with Crippen molar-refractivity contribution in [2.45, 2.75) is 51.1 Å². The van der Waals surface area contributed by atoms with Gasteiger partial charge < -0.3 is 16.0 Å². The summed E-state index contributed by atoms with van der Waals surface area (Å²) in [5, 5.41) is 3.05. The number of rotatable bonds is 4. The predicted molar refractivity (Wildman–Crippen MR) is 69.8 cm³/mol. The zero-order valence-electron chi connectivity index (χ0n) is 10.9. The predicted octanol–water partition coefficient (Wildman–Crippen LogP) is 0.974. The molecular weight excluding hydrogens is 228 g/mol. The molecule has 0 radical (unpaired) electrons. The van der Waals surface area contributed by atoms with E-state index in [-0.39, 0.29) is 5.91 Å². The molecule has 1 aromatic rings. The van der Waals surface area contributed by atoms with Gasteiger partial charge in [0, 0.05) is 24.4 Å². The molecule has 1 aliphatic rings. The number of imidazole rings is 1. The van der Waals surface area contributed by atoms with E-state index in [1.165, 1.54) is 12.8 Å². The molecule has 1 amide bonds. The first-order chi connectivity index (χ1) is 8.65. The smallest absolute Gasteiger partial charge is 0.237 e. The number of H-pyrrole nitrogens is 1. The number of carbonyl (C=O) groups is 1. The summed E-state index contributed by atoms with van der Waals surface area (Å²) in [6.45, 7) is 2.27. The van der Waals surface area contributed by atoms with Gasteiger partial charge in [0.05, 0.1) is 12.4 Å². The van der Waals surface area contributed by atoms with Crippen LogP contribution < -0.4 is 11.1 Å². The van der Waals surface area contributed by atoms with Crippen LogP contribution in [0.3, 0.4) is 0 Å². The van der Waals surface area contributed by atoms with Gasteiger partial charge in [-0.2, -0.15) is 0 Å². The number of aromatic nitrogens is 2. The Morgan fingerprint density at radius 2 is 2.28 bits per heavy atom. The summed E-state index contributed by atoms with van der Waals surface area (Å²) in [6.07, 6.45) is 8.35. The first kappa shape index (κ1) is 13.1. The monoisotopic (exact) mass is 250 g/mol. The summed E-state index contributed by atoms with van der Waals surface area (Å²) in [6, 6.07) is -0.189. The van der Waals surface area contributed by atoms with Crippen LogP contribution in [0, 0.1) is 5.92 Å². The molecule has 4 N–H and O–H groups in total. The Morgan fingerprint density at radius 1 is 1.56 bits per heavy atom. The van der Waals surface area contributed by atoms with Crippen LogP contribution in [0.5, 0.6) is 0 Å². The van der Waals surface area contributed by atoms with Gasteiger partial charge in [-0.3, -0.25) is 4.79 Å². The molecule has 1 aliphatic carbocycles. The number of nitrogens with zero attached hydrogens (tertiary/aromatic N) is 1. The van der Waals surface area contributed by atoms with Crippen molar-refractivity contribution in [2.24, 2.45) is 11.7 Å². The SMILES string of the molecule is CC1CCC(NC(=O)[C@@H](N)Cc2cnc[nH]2)CC1. The van der Waals surface area contributed by atoms with Gasteiger partial charge >= 0.3 is 0 Å². The van der Waals surface area contributed by atoms with Gasteiger partial charge in [0.25, 0.3) is 0 Å². The van der Waals surface area contributed by atoms with Gasteiger partial charge in [-0.15, -0.1) is 0 Å². The Morgan fingerprint density at radius 3 is 2.89 bits per heavy atom. The number of hydrogen-bond acceptors (Lipinski definition) is 3. The number of hydrogen-bond donors (Lipinski definition) is 3. The fraction of sp³-hybridized carbons (Fsp3) is 0.692. The van der Waals surface area contributed by atoms with Crippen molar-refractivity contribution in [1.29, 1.82) is 0 Å². The molecule has 0 aliphatic heterocycles. The van der Waals surface area contributed by atoms with Crippen molar-refractivity contribution in [3.05, 3.63) is 18.2 Å².